The molecule has 0 saturated carbocycles. The first-order valence-electron chi connectivity index (χ1n) is 8.34. The Bertz CT molecular complexity index is 533. The minimum atomic E-state index is -0.284. The van der Waals surface area contributed by atoms with E-state index in [1.165, 1.54) is 0 Å². The lowest BCUT2D eigenvalue weighted by Crippen LogP contribution is -2.39. The van der Waals surface area contributed by atoms with Crippen molar-refractivity contribution in [1.82, 2.24) is 15.5 Å². The molecule has 3 amide bonds. The highest BCUT2D eigenvalue weighted by molar-refractivity contribution is 5.78. The van der Waals surface area contributed by atoms with Gasteiger partial charge in [0.25, 0.3) is 0 Å². The van der Waals surface area contributed by atoms with Crippen LogP contribution in [0, 0.1) is 0 Å². The quantitative estimate of drug-likeness (QED) is 0.532. The first-order valence-corrected chi connectivity index (χ1v) is 8.34. The molecule has 2 rings (SSSR count). The SMILES string of the molecule is CCOc1ccc(OCNC(=O)NCCCN2CCCC2=O)cc1. The maximum Gasteiger partial charge on any atom is 0.317 e. The Kier molecular flexibility index (Phi) is 7.20. The number of hydrogen-bond acceptors (Lipinski definition) is 4. The van der Waals surface area contributed by atoms with Crippen LogP contribution in [0.15, 0.2) is 24.3 Å². The fourth-order valence-corrected chi connectivity index (χ4v) is 2.46. The number of amides is 3. The molecule has 0 radical (unpaired) electrons. The summed E-state index contributed by atoms with van der Waals surface area (Å²) in [5.74, 6) is 1.65. The van der Waals surface area contributed by atoms with Gasteiger partial charge < -0.3 is 25.0 Å². The highest BCUT2D eigenvalue weighted by Crippen LogP contribution is 2.17. The summed E-state index contributed by atoms with van der Waals surface area (Å²) in [5, 5.41) is 5.37. The maximum atomic E-state index is 11.6. The largest absolute Gasteiger partial charge is 0.494 e. The molecule has 1 aromatic rings. The van der Waals surface area contributed by atoms with E-state index in [1.807, 2.05) is 24.0 Å². The summed E-state index contributed by atoms with van der Waals surface area (Å²) in [6.07, 6.45) is 2.34. The fraction of sp³-hybridized carbons (Fsp3) is 0.529. The van der Waals surface area contributed by atoms with Gasteiger partial charge in [0, 0.05) is 26.1 Å². The van der Waals surface area contributed by atoms with Gasteiger partial charge in [0.2, 0.25) is 5.91 Å². The summed E-state index contributed by atoms with van der Waals surface area (Å²) < 4.78 is 10.8. The molecule has 0 unspecified atom stereocenters. The monoisotopic (exact) mass is 335 g/mol. The number of rotatable bonds is 9. The fourth-order valence-electron chi connectivity index (χ4n) is 2.46. The number of nitrogens with one attached hydrogen (secondary N) is 2. The summed E-state index contributed by atoms with van der Waals surface area (Å²) in [4.78, 5) is 24.9. The molecule has 1 aromatic carbocycles. The third-order valence-corrected chi connectivity index (χ3v) is 3.67. The van der Waals surface area contributed by atoms with Crippen LogP contribution in [0.4, 0.5) is 4.79 Å². The van der Waals surface area contributed by atoms with Crippen molar-refractivity contribution < 1.29 is 19.1 Å². The van der Waals surface area contributed by atoms with Gasteiger partial charge in [-0.25, -0.2) is 4.79 Å². The summed E-state index contributed by atoms with van der Waals surface area (Å²) in [6.45, 7) is 4.69. The highest BCUT2D eigenvalue weighted by atomic mass is 16.5. The summed E-state index contributed by atoms with van der Waals surface area (Å²) >= 11 is 0. The van der Waals surface area contributed by atoms with E-state index in [0.717, 1.165) is 25.1 Å². The minimum absolute atomic E-state index is 0.0877. The van der Waals surface area contributed by atoms with E-state index >= 15 is 0 Å². The lowest BCUT2D eigenvalue weighted by molar-refractivity contribution is -0.127. The normalized spacial score (nSPS) is 13.7. The second-order valence-corrected chi connectivity index (χ2v) is 5.46. The molecule has 7 heteroatoms. The number of ether oxygens (including phenoxy) is 2. The van der Waals surface area contributed by atoms with Crippen molar-refractivity contribution in [2.75, 3.05) is 33.0 Å². The van der Waals surface area contributed by atoms with E-state index in [0.29, 0.717) is 31.9 Å². The van der Waals surface area contributed by atoms with Crippen LogP contribution in [0.3, 0.4) is 0 Å². The number of benzene rings is 1. The molecule has 2 N–H and O–H groups in total. The maximum absolute atomic E-state index is 11.6. The topological polar surface area (TPSA) is 79.9 Å². The zero-order valence-corrected chi connectivity index (χ0v) is 14.0. The highest BCUT2D eigenvalue weighted by Gasteiger charge is 2.18. The van der Waals surface area contributed by atoms with Crippen LogP contribution in [-0.2, 0) is 4.79 Å². The first kappa shape index (κ1) is 17.9. The molecule has 1 aliphatic heterocycles. The van der Waals surface area contributed by atoms with Gasteiger partial charge in [-0.2, -0.15) is 0 Å². The summed E-state index contributed by atoms with van der Waals surface area (Å²) in [6, 6.07) is 6.93. The number of hydrogen-bond donors (Lipinski definition) is 2. The predicted molar refractivity (Wildman–Crippen MR) is 90.1 cm³/mol. The Morgan fingerprint density at radius 1 is 1.17 bits per heavy atom. The Hall–Kier alpha value is -2.44. The molecule has 1 heterocycles. The van der Waals surface area contributed by atoms with Crippen molar-refractivity contribution in [2.24, 2.45) is 0 Å². The molecule has 1 fully saturated rings. The van der Waals surface area contributed by atoms with Crippen molar-refractivity contribution in [3.8, 4) is 11.5 Å². The van der Waals surface area contributed by atoms with Crippen molar-refractivity contribution in [3.63, 3.8) is 0 Å². The van der Waals surface area contributed by atoms with Crippen molar-refractivity contribution in [1.29, 1.82) is 0 Å². The van der Waals surface area contributed by atoms with E-state index in [9.17, 15) is 9.59 Å². The third-order valence-electron chi connectivity index (χ3n) is 3.67. The Labute approximate surface area is 142 Å². The Morgan fingerprint density at radius 2 is 1.88 bits per heavy atom. The van der Waals surface area contributed by atoms with E-state index in [-0.39, 0.29) is 18.7 Å². The number of carbonyl (C=O) groups excluding carboxylic acids is 2. The molecular weight excluding hydrogens is 310 g/mol. The molecule has 1 saturated heterocycles. The van der Waals surface area contributed by atoms with E-state index in [2.05, 4.69) is 10.6 Å². The van der Waals surface area contributed by atoms with Gasteiger partial charge in [0.1, 0.15) is 11.5 Å². The Balaban J connectivity index is 1.53. The molecule has 0 atom stereocenters. The third kappa shape index (κ3) is 5.98. The van der Waals surface area contributed by atoms with Gasteiger partial charge in [-0.05, 0) is 44.0 Å². The number of nitrogens with zero attached hydrogens (tertiary/aromatic N) is 1. The number of carbonyl (C=O) groups is 2. The molecule has 0 bridgehead atoms. The minimum Gasteiger partial charge on any atom is -0.494 e. The molecule has 24 heavy (non-hydrogen) atoms. The van der Waals surface area contributed by atoms with E-state index in [4.69, 9.17) is 9.47 Å². The van der Waals surface area contributed by atoms with Crippen LogP contribution >= 0.6 is 0 Å². The second-order valence-electron chi connectivity index (χ2n) is 5.46. The van der Waals surface area contributed by atoms with Crippen molar-refractivity contribution >= 4 is 11.9 Å². The lowest BCUT2D eigenvalue weighted by atomic mass is 10.3. The molecule has 0 spiro atoms. The zero-order chi connectivity index (χ0) is 17.2. The average molecular weight is 335 g/mol. The smallest absolute Gasteiger partial charge is 0.317 e. The summed E-state index contributed by atoms with van der Waals surface area (Å²) in [7, 11) is 0. The molecule has 1 aliphatic rings. The predicted octanol–water partition coefficient (Wildman–Crippen LogP) is 1.73. The standard InChI is InChI=1S/C17H25N3O4/c1-2-23-14-6-8-15(9-7-14)24-13-19-17(22)18-10-4-12-20-11-3-5-16(20)21/h6-9H,2-5,10-13H2,1H3,(H2,18,19,22). The Morgan fingerprint density at radius 3 is 2.50 bits per heavy atom. The average Bonchev–Trinajstić information content (AvgIpc) is 2.99. The van der Waals surface area contributed by atoms with Gasteiger partial charge >= 0.3 is 6.03 Å². The van der Waals surface area contributed by atoms with Gasteiger partial charge in [-0.3, -0.25) is 4.79 Å². The molecule has 132 valence electrons. The molecular formula is C17H25N3O4. The van der Waals surface area contributed by atoms with Gasteiger partial charge in [0.05, 0.1) is 6.61 Å². The molecule has 0 aliphatic carbocycles. The number of urea groups is 1. The van der Waals surface area contributed by atoms with Gasteiger partial charge in [0.15, 0.2) is 6.73 Å². The van der Waals surface area contributed by atoms with Crippen LogP contribution in [0.25, 0.3) is 0 Å². The second kappa shape index (κ2) is 9.64. The van der Waals surface area contributed by atoms with Gasteiger partial charge in [-0.1, -0.05) is 0 Å². The van der Waals surface area contributed by atoms with Crippen LogP contribution in [0.2, 0.25) is 0 Å². The van der Waals surface area contributed by atoms with Crippen LogP contribution < -0.4 is 20.1 Å². The molecule has 0 aromatic heterocycles. The van der Waals surface area contributed by atoms with Crippen LogP contribution in [0.1, 0.15) is 26.2 Å². The molecule has 7 nitrogen and oxygen atoms in total. The lowest BCUT2D eigenvalue weighted by Gasteiger charge is -2.15. The zero-order valence-electron chi connectivity index (χ0n) is 14.0. The number of likely N-dealkylation sites (tertiary alicyclic amines) is 1. The van der Waals surface area contributed by atoms with Crippen LogP contribution in [0.5, 0.6) is 11.5 Å². The first-order chi connectivity index (χ1) is 11.7. The summed E-state index contributed by atoms with van der Waals surface area (Å²) in [5.41, 5.74) is 0. The van der Waals surface area contributed by atoms with Crippen molar-refractivity contribution in [3.05, 3.63) is 24.3 Å². The van der Waals surface area contributed by atoms with E-state index < -0.39 is 0 Å². The van der Waals surface area contributed by atoms with Gasteiger partial charge in [-0.15, -0.1) is 0 Å². The van der Waals surface area contributed by atoms with E-state index in [1.54, 1.807) is 12.1 Å². The van der Waals surface area contributed by atoms with Crippen molar-refractivity contribution in [2.45, 2.75) is 26.2 Å². The van der Waals surface area contributed by atoms with Crippen LogP contribution in [-0.4, -0.2) is 49.8 Å².